The van der Waals surface area contributed by atoms with E-state index in [1.165, 1.54) is 18.2 Å². The summed E-state index contributed by atoms with van der Waals surface area (Å²) in [5.41, 5.74) is 0.548. The molecule has 0 aliphatic carbocycles. The van der Waals surface area contributed by atoms with Crippen LogP contribution in [0.25, 0.3) is 10.8 Å². The van der Waals surface area contributed by atoms with E-state index in [1.54, 1.807) is 12.1 Å². The van der Waals surface area contributed by atoms with Crippen molar-refractivity contribution < 1.29 is 9.72 Å². The Kier molecular flexibility index (Phi) is 5.69. The molecule has 0 bridgehead atoms. The van der Waals surface area contributed by atoms with Gasteiger partial charge in [0, 0.05) is 21.8 Å². The van der Waals surface area contributed by atoms with Crippen molar-refractivity contribution in [1.82, 2.24) is 5.32 Å². The van der Waals surface area contributed by atoms with E-state index in [4.69, 9.17) is 23.8 Å². The number of fused-ring (bicyclic) bond motifs is 1. The molecule has 0 atom stereocenters. The molecule has 0 saturated carbocycles. The van der Waals surface area contributed by atoms with Crippen molar-refractivity contribution >= 4 is 72.9 Å². The van der Waals surface area contributed by atoms with Gasteiger partial charge in [0.1, 0.15) is 5.02 Å². The zero-order chi connectivity index (χ0) is 19.6. The first-order valence-corrected chi connectivity index (χ1v) is 9.18. The van der Waals surface area contributed by atoms with E-state index in [2.05, 4.69) is 26.6 Å². The molecule has 0 aliphatic rings. The number of halogens is 2. The molecule has 0 unspecified atom stereocenters. The van der Waals surface area contributed by atoms with E-state index < -0.39 is 4.92 Å². The number of amides is 1. The van der Waals surface area contributed by atoms with E-state index >= 15 is 0 Å². The number of hydrogen-bond donors (Lipinski definition) is 2. The summed E-state index contributed by atoms with van der Waals surface area (Å²) in [7, 11) is 0. The predicted octanol–water partition coefficient (Wildman–Crippen LogP) is 5.29. The highest BCUT2D eigenvalue weighted by molar-refractivity contribution is 9.10. The zero-order valence-corrected chi connectivity index (χ0v) is 16.7. The van der Waals surface area contributed by atoms with Crippen molar-refractivity contribution in [3.05, 3.63) is 79.8 Å². The number of carbonyl (C=O) groups excluding carboxylic acids is 1. The van der Waals surface area contributed by atoms with Crippen molar-refractivity contribution in [1.29, 1.82) is 0 Å². The number of nitrogens with zero attached hydrogens (tertiary/aromatic N) is 1. The topological polar surface area (TPSA) is 84.3 Å². The Morgan fingerprint density at radius 1 is 1.11 bits per heavy atom. The van der Waals surface area contributed by atoms with Gasteiger partial charge in [-0.05, 0) is 47.3 Å². The second-order valence-electron chi connectivity index (χ2n) is 5.47. The van der Waals surface area contributed by atoms with Gasteiger partial charge < -0.3 is 5.32 Å². The van der Waals surface area contributed by atoms with Gasteiger partial charge in [0.05, 0.1) is 4.92 Å². The average molecular weight is 465 g/mol. The molecule has 0 spiro atoms. The number of anilines is 1. The van der Waals surface area contributed by atoms with Crippen molar-refractivity contribution in [3.8, 4) is 0 Å². The number of benzene rings is 3. The number of carbonyl (C=O) groups is 1. The molecule has 0 saturated heterocycles. The first-order chi connectivity index (χ1) is 12.9. The third-order valence-electron chi connectivity index (χ3n) is 3.74. The van der Waals surface area contributed by atoms with Gasteiger partial charge in [0.15, 0.2) is 5.11 Å². The summed E-state index contributed by atoms with van der Waals surface area (Å²) in [6.07, 6.45) is 0. The van der Waals surface area contributed by atoms with E-state index in [0.29, 0.717) is 11.3 Å². The minimum absolute atomic E-state index is 0.0156. The Hall–Kier alpha value is -2.55. The van der Waals surface area contributed by atoms with Crippen molar-refractivity contribution in [2.75, 3.05) is 5.32 Å². The maximum atomic E-state index is 12.6. The number of nitro benzene ring substituents is 1. The van der Waals surface area contributed by atoms with Gasteiger partial charge in [0.25, 0.3) is 11.6 Å². The predicted molar refractivity (Wildman–Crippen MR) is 113 cm³/mol. The Morgan fingerprint density at radius 2 is 1.81 bits per heavy atom. The molecule has 27 heavy (non-hydrogen) atoms. The molecule has 1 amide bonds. The number of nitro groups is 1. The van der Waals surface area contributed by atoms with Crippen LogP contribution in [-0.2, 0) is 0 Å². The molecule has 3 aromatic carbocycles. The quantitative estimate of drug-likeness (QED) is 0.312. The highest BCUT2D eigenvalue weighted by Crippen LogP contribution is 2.28. The van der Waals surface area contributed by atoms with Crippen molar-refractivity contribution in [2.24, 2.45) is 0 Å². The summed E-state index contributed by atoms with van der Waals surface area (Å²) in [6.45, 7) is 0. The minimum Gasteiger partial charge on any atom is -0.332 e. The van der Waals surface area contributed by atoms with Gasteiger partial charge in [-0.1, -0.05) is 51.8 Å². The Labute approximate surface area is 172 Å². The summed E-state index contributed by atoms with van der Waals surface area (Å²) in [6, 6.07) is 15.1. The Morgan fingerprint density at radius 3 is 2.56 bits per heavy atom. The summed E-state index contributed by atoms with van der Waals surface area (Å²) in [5.74, 6) is -0.389. The second-order valence-corrected chi connectivity index (χ2v) is 7.14. The fourth-order valence-electron chi connectivity index (χ4n) is 2.53. The molecule has 2 N–H and O–H groups in total. The molecule has 136 valence electrons. The lowest BCUT2D eigenvalue weighted by molar-refractivity contribution is -0.384. The van der Waals surface area contributed by atoms with Crippen LogP contribution in [0.4, 0.5) is 11.4 Å². The SMILES string of the molecule is O=C(NC(=S)Nc1ccc(Cl)c([N+](=O)[O-])c1)c1cccc2c(Br)cccc12. The number of hydrogen-bond acceptors (Lipinski definition) is 4. The van der Waals surface area contributed by atoms with Crippen LogP contribution in [0.15, 0.2) is 59.1 Å². The summed E-state index contributed by atoms with van der Waals surface area (Å²) in [5, 5.41) is 18.0. The van der Waals surface area contributed by atoms with Crippen LogP contribution < -0.4 is 10.6 Å². The smallest absolute Gasteiger partial charge is 0.289 e. The van der Waals surface area contributed by atoms with Crippen molar-refractivity contribution in [2.45, 2.75) is 0 Å². The van der Waals surface area contributed by atoms with E-state index in [1.807, 2.05) is 24.3 Å². The number of rotatable bonds is 3. The van der Waals surface area contributed by atoms with E-state index in [9.17, 15) is 14.9 Å². The van der Waals surface area contributed by atoms with Crippen molar-refractivity contribution in [3.63, 3.8) is 0 Å². The lowest BCUT2D eigenvalue weighted by Crippen LogP contribution is -2.34. The van der Waals surface area contributed by atoms with Crippen LogP contribution in [-0.4, -0.2) is 15.9 Å². The van der Waals surface area contributed by atoms with E-state index in [0.717, 1.165) is 15.2 Å². The Bertz CT molecular complexity index is 1090. The van der Waals surface area contributed by atoms with Gasteiger partial charge in [-0.2, -0.15) is 0 Å². The molecule has 6 nitrogen and oxygen atoms in total. The fraction of sp³-hybridized carbons (Fsp3) is 0. The van der Waals surface area contributed by atoms with Crippen LogP contribution in [0.3, 0.4) is 0 Å². The zero-order valence-electron chi connectivity index (χ0n) is 13.5. The van der Waals surface area contributed by atoms with Gasteiger partial charge in [0.2, 0.25) is 0 Å². The van der Waals surface area contributed by atoms with Crippen LogP contribution >= 0.6 is 39.7 Å². The van der Waals surface area contributed by atoms with Gasteiger partial charge >= 0.3 is 0 Å². The summed E-state index contributed by atoms with van der Waals surface area (Å²) in [4.78, 5) is 23.0. The molecule has 0 heterocycles. The van der Waals surface area contributed by atoms with Crippen LogP contribution in [0.5, 0.6) is 0 Å². The van der Waals surface area contributed by atoms with Gasteiger partial charge in [-0.15, -0.1) is 0 Å². The molecule has 9 heteroatoms. The first kappa shape index (κ1) is 19.2. The third-order valence-corrected chi connectivity index (χ3v) is 4.96. The lowest BCUT2D eigenvalue weighted by Gasteiger charge is -2.11. The van der Waals surface area contributed by atoms with Crippen LogP contribution in [0.2, 0.25) is 5.02 Å². The fourth-order valence-corrected chi connectivity index (χ4v) is 3.43. The maximum absolute atomic E-state index is 12.6. The van der Waals surface area contributed by atoms with Crippen LogP contribution in [0.1, 0.15) is 10.4 Å². The first-order valence-electron chi connectivity index (χ1n) is 7.60. The second kappa shape index (κ2) is 7.99. The largest absolute Gasteiger partial charge is 0.332 e. The summed E-state index contributed by atoms with van der Waals surface area (Å²) >= 11 is 14.4. The molecule has 3 aromatic rings. The van der Waals surface area contributed by atoms with Crippen LogP contribution in [0, 0.1) is 10.1 Å². The minimum atomic E-state index is -0.594. The van der Waals surface area contributed by atoms with E-state index in [-0.39, 0.29) is 21.7 Å². The molecule has 0 radical (unpaired) electrons. The summed E-state index contributed by atoms with van der Waals surface area (Å²) < 4.78 is 0.879. The number of nitrogens with one attached hydrogen (secondary N) is 2. The number of thiocarbonyl (C=S) groups is 1. The van der Waals surface area contributed by atoms with Gasteiger partial charge in [-0.3, -0.25) is 20.2 Å². The molecule has 0 aromatic heterocycles. The maximum Gasteiger partial charge on any atom is 0.289 e. The molecule has 3 rings (SSSR count). The highest BCUT2D eigenvalue weighted by Gasteiger charge is 2.15. The highest BCUT2D eigenvalue weighted by atomic mass is 79.9. The molecular weight excluding hydrogens is 454 g/mol. The molecule has 0 fully saturated rings. The van der Waals surface area contributed by atoms with Gasteiger partial charge in [-0.25, -0.2) is 0 Å². The normalized spacial score (nSPS) is 10.4. The molecular formula is C18H11BrClN3O3S. The molecule has 0 aliphatic heterocycles. The lowest BCUT2D eigenvalue weighted by atomic mass is 10.0. The standard InChI is InChI=1S/C18H11BrClN3O3S/c19-14-6-2-3-11-12(14)4-1-5-13(11)17(24)22-18(27)21-10-7-8-15(20)16(9-10)23(25)26/h1-9H,(H2,21,22,24,27). The monoisotopic (exact) mass is 463 g/mol. The third kappa shape index (κ3) is 4.24. The average Bonchev–Trinajstić information content (AvgIpc) is 2.63. The Balaban J connectivity index is 1.79.